The molecule has 1 saturated carbocycles. The predicted molar refractivity (Wildman–Crippen MR) is 128 cm³/mol. The van der Waals surface area contributed by atoms with E-state index < -0.39 is 39.5 Å². The summed E-state index contributed by atoms with van der Waals surface area (Å²) in [5, 5.41) is 13.0. The van der Waals surface area contributed by atoms with E-state index in [9.17, 15) is 27.1 Å². The zero-order valence-corrected chi connectivity index (χ0v) is 21.6. The number of hydrogen-bond acceptors (Lipinski definition) is 5. The van der Waals surface area contributed by atoms with Gasteiger partial charge in [0.1, 0.15) is 0 Å². The van der Waals surface area contributed by atoms with Crippen LogP contribution in [0.2, 0.25) is 10.0 Å². The highest BCUT2D eigenvalue weighted by atomic mass is 35.5. The van der Waals surface area contributed by atoms with Gasteiger partial charge < -0.3 is 10.4 Å². The van der Waals surface area contributed by atoms with Crippen LogP contribution < -0.4 is 5.32 Å². The lowest BCUT2D eigenvalue weighted by molar-refractivity contribution is -0.0948. The van der Waals surface area contributed by atoms with E-state index in [4.69, 9.17) is 23.2 Å². The van der Waals surface area contributed by atoms with Gasteiger partial charge in [0.25, 0.3) is 5.91 Å². The van der Waals surface area contributed by atoms with Gasteiger partial charge in [0.15, 0.2) is 0 Å². The monoisotopic (exact) mass is 541 g/mol. The van der Waals surface area contributed by atoms with Crippen LogP contribution in [0.25, 0.3) is 0 Å². The minimum atomic E-state index is -3.62. The number of nitrogens with one attached hydrogen (secondary N) is 1. The SMILES string of the molecule is CC(O)CS(=O)(=O)N1CCN(C2(C(C)NC(=O)c3ccc(Cl)cc3Cl)CCC(F)(F)CC2)CC1. The van der Waals surface area contributed by atoms with E-state index >= 15 is 0 Å². The van der Waals surface area contributed by atoms with E-state index in [0.29, 0.717) is 18.1 Å². The number of amides is 1. The quantitative estimate of drug-likeness (QED) is 0.552. The Kier molecular flexibility index (Phi) is 8.52. The molecule has 192 valence electrons. The van der Waals surface area contributed by atoms with Crippen LogP contribution >= 0.6 is 23.2 Å². The van der Waals surface area contributed by atoms with Crippen LogP contribution in [0, 0.1) is 0 Å². The third-order valence-corrected chi connectivity index (χ3v) is 9.49. The van der Waals surface area contributed by atoms with E-state index in [1.165, 1.54) is 23.4 Å². The minimum Gasteiger partial charge on any atom is -0.392 e. The van der Waals surface area contributed by atoms with Gasteiger partial charge >= 0.3 is 0 Å². The Balaban J connectivity index is 1.78. The molecule has 3 rings (SSSR count). The molecule has 0 aromatic heterocycles. The van der Waals surface area contributed by atoms with Crippen molar-refractivity contribution in [3.63, 3.8) is 0 Å². The van der Waals surface area contributed by atoms with Crippen LogP contribution in [0.1, 0.15) is 49.9 Å². The zero-order chi connectivity index (χ0) is 25.3. The van der Waals surface area contributed by atoms with Gasteiger partial charge in [-0.1, -0.05) is 23.2 Å². The molecule has 1 heterocycles. The molecular formula is C22H31Cl2F2N3O4S. The molecular weight excluding hydrogens is 511 g/mol. The number of alkyl halides is 2. The topological polar surface area (TPSA) is 89.9 Å². The number of hydrogen-bond donors (Lipinski definition) is 2. The van der Waals surface area contributed by atoms with Gasteiger partial charge in [-0.3, -0.25) is 9.69 Å². The van der Waals surface area contributed by atoms with Crippen molar-refractivity contribution in [2.45, 2.75) is 63.1 Å². The van der Waals surface area contributed by atoms with Crippen LogP contribution in [0.15, 0.2) is 18.2 Å². The number of aliphatic hydroxyl groups is 1. The predicted octanol–water partition coefficient (Wildman–Crippen LogP) is 3.39. The molecule has 7 nitrogen and oxygen atoms in total. The summed E-state index contributed by atoms with van der Waals surface area (Å²) in [6.45, 7) is 4.27. The lowest BCUT2D eigenvalue weighted by Gasteiger charge is -2.53. The molecule has 1 aliphatic carbocycles. The van der Waals surface area contributed by atoms with Crippen molar-refractivity contribution in [2.24, 2.45) is 0 Å². The summed E-state index contributed by atoms with van der Waals surface area (Å²) in [6, 6.07) is 4.03. The molecule has 12 heteroatoms. The van der Waals surface area contributed by atoms with Crippen molar-refractivity contribution in [3.8, 4) is 0 Å². The van der Waals surface area contributed by atoms with Crippen LogP contribution in [0.4, 0.5) is 8.78 Å². The van der Waals surface area contributed by atoms with E-state index in [2.05, 4.69) is 5.32 Å². The van der Waals surface area contributed by atoms with Crippen molar-refractivity contribution >= 4 is 39.1 Å². The Hall–Kier alpha value is -1.04. The number of rotatable bonds is 7. The first-order valence-corrected chi connectivity index (χ1v) is 13.7. The molecule has 0 bridgehead atoms. The molecule has 2 N–H and O–H groups in total. The maximum Gasteiger partial charge on any atom is 0.253 e. The number of carbonyl (C=O) groups excluding carboxylic acids is 1. The van der Waals surface area contributed by atoms with Gasteiger partial charge in [0.05, 0.1) is 22.4 Å². The van der Waals surface area contributed by atoms with Gasteiger partial charge in [-0.15, -0.1) is 0 Å². The van der Waals surface area contributed by atoms with Gasteiger partial charge in [0.2, 0.25) is 15.9 Å². The van der Waals surface area contributed by atoms with Gasteiger partial charge in [-0.2, -0.15) is 4.31 Å². The summed E-state index contributed by atoms with van der Waals surface area (Å²) in [5.41, 5.74) is -0.514. The van der Waals surface area contributed by atoms with E-state index in [0.717, 1.165) is 0 Å². The Bertz CT molecular complexity index is 992. The number of carbonyl (C=O) groups is 1. The molecule has 2 unspecified atom stereocenters. The molecule has 0 radical (unpaired) electrons. The number of halogens is 4. The lowest BCUT2D eigenvalue weighted by atomic mass is 9.73. The van der Waals surface area contributed by atoms with Crippen molar-refractivity contribution in [1.82, 2.24) is 14.5 Å². The average molecular weight is 542 g/mol. The normalized spacial score (nSPS) is 23.3. The highest BCUT2D eigenvalue weighted by Gasteiger charge is 2.50. The van der Waals surface area contributed by atoms with Crippen LogP contribution in [-0.2, 0) is 10.0 Å². The van der Waals surface area contributed by atoms with Crippen LogP contribution in [0.5, 0.6) is 0 Å². The summed E-state index contributed by atoms with van der Waals surface area (Å²) in [5.74, 6) is -3.56. The van der Waals surface area contributed by atoms with Crippen molar-refractivity contribution in [2.75, 3.05) is 31.9 Å². The number of sulfonamides is 1. The fourth-order valence-electron chi connectivity index (χ4n) is 4.98. The molecule has 1 amide bonds. The maximum absolute atomic E-state index is 14.1. The second kappa shape index (κ2) is 10.5. The summed E-state index contributed by atoms with van der Waals surface area (Å²) >= 11 is 12.1. The van der Waals surface area contributed by atoms with Crippen molar-refractivity contribution in [3.05, 3.63) is 33.8 Å². The summed E-state index contributed by atoms with van der Waals surface area (Å²) < 4.78 is 54.5. The fraction of sp³-hybridized carbons (Fsp3) is 0.682. The average Bonchev–Trinajstić information content (AvgIpc) is 2.73. The van der Waals surface area contributed by atoms with Gasteiger partial charge in [0, 0.05) is 55.6 Å². The Morgan fingerprint density at radius 3 is 2.24 bits per heavy atom. The zero-order valence-electron chi connectivity index (χ0n) is 19.2. The van der Waals surface area contributed by atoms with Gasteiger partial charge in [-0.25, -0.2) is 17.2 Å². The Labute approximate surface area is 209 Å². The lowest BCUT2D eigenvalue weighted by Crippen LogP contribution is -2.67. The molecule has 2 fully saturated rings. The maximum atomic E-state index is 14.1. The largest absolute Gasteiger partial charge is 0.392 e. The summed E-state index contributed by atoms with van der Waals surface area (Å²) in [6.07, 6.45) is -1.28. The molecule has 1 aliphatic heterocycles. The summed E-state index contributed by atoms with van der Waals surface area (Å²) in [4.78, 5) is 15.0. The van der Waals surface area contributed by atoms with Crippen molar-refractivity contribution < 1.29 is 27.1 Å². The molecule has 0 spiro atoms. The highest BCUT2D eigenvalue weighted by molar-refractivity contribution is 7.89. The standard InChI is InChI=1S/C22H31Cl2F2N3O4S/c1-15(30)14-34(32,33)29-11-9-28(10-12-29)21(5-7-22(25,26)8-6-21)16(2)27-20(31)18-4-3-17(23)13-19(18)24/h3-4,13,15-16,30H,5-12,14H2,1-2H3,(H,27,31). The molecule has 1 saturated heterocycles. The highest BCUT2D eigenvalue weighted by Crippen LogP contribution is 2.44. The first kappa shape index (κ1) is 27.5. The first-order valence-electron chi connectivity index (χ1n) is 11.3. The first-order chi connectivity index (χ1) is 15.8. The van der Waals surface area contributed by atoms with Crippen LogP contribution in [-0.4, -0.2) is 84.2 Å². The number of aliphatic hydroxyl groups excluding tert-OH is 1. The molecule has 2 aliphatic rings. The Morgan fingerprint density at radius 2 is 1.71 bits per heavy atom. The number of benzene rings is 1. The van der Waals surface area contributed by atoms with Crippen molar-refractivity contribution in [1.29, 1.82) is 0 Å². The molecule has 34 heavy (non-hydrogen) atoms. The second-order valence-corrected chi connectivity index (χ2v) is 12.1. The van der Waals surface area contributed by atoms with Gasteiger partial charge in [-0.05, 0) is 44.9 Å². The fourth-order valence-corrected chi connectivity index (χ4v) is 7.01. The third-order valence-electron chi connectivity index (χ3n) is 6.89. The second-order valence-electron chi connectivity index (χ2n) is 9.29. The number of piperazine rings is 1. The molecule has 2 atom stereocenters. The molecule has 1 aromatic carbocycles. The van der Waals surface area contributed by atoms with Crippen LogP contribution in [0.3, 0.4) is 0 Å². The number of nitrogens with zero attached hydrogens (tertiary/aromatic N) is 2. The molecule has 1 aromatic rings. The minimum absolute atomic E-state index is 0.163. The van der Waals surface area contributed by atoms with E-state index in [1.54, 1.807) is 13.0 Å². The summed E-state index contributed by atoms with van der Waals surface area (Å²) in [7, 11) is -3.62. The van der Waals surface area contributed by atoms with E-state index in [1.807, 2.05) is 4.90 Å². The smallest absolute Gasteiger partial charge is 0.253 e. The Morgan fingerprint density at radius 1 is 1.12 bits per heavy atom. The van der Waals surface area contributed by atoms with E-state index in [-0.39, 0.29) is 55.1 Å². The third kappa shape index (κ3) is 6.20.